The van der Waals surface area contributed by atoms with Gasteiger partial charge in [0.05, 0.1) is 17.6 Å². The number of carbonyl (C=O) groups is 2. The Hall–Kier alpha value is -3.45. The first kappa shape index (κ1) is 25.6. The number of likely N-dealkylation sites (N-methyl/N-ethyl adjacent to an activating group) is 1. The average Bonchev–Trinajstić information content (AvgIpc) is 3.33. The highest BCUT2D eigenvalue weighted by atomic mass is 32.2. The lowest BCUT2D eigenvalue weighted by Gasteiger charge is -2.36. The van der Waals surface area contributed by atoms with E-state index in [2.05, 4.69) is 31.2 Å². The van der Waals surface area contributed by atoms with Gasteiger partial charge in [-0.2, -0.15) is 4.98 Å². The number of nitrogens with zero attached hydrogens (tertiary/aromatic N) is 4. The van der Waals surface area contributed by atoms with Crippen molar-refractivity contribution in [3.8, 4) is 0 Å². The predicted molar refractivity (Wildman–Crippen MR) is 139 cm³/mol. The SMILES string of the molecule is CC(C)N1CC(=O)N(C)c2cnc(Nc3cc(NC(=O)NC[C@H]4CCCN4)cc(S(C)(=O)=O)c3)nc21. The van der Waals surface area contributed by atoms with Crippen LogP contribution in [0.25, 0.3) is 0 Å². The van der Waals surface area contributed by atoms with E-state index in [4.69, 9.17) is 0 Å². The molecule has 13 heteroatoms. The highest BCUT2D eigenvalue weighted by Gasteiger charge is 2.30. The quantitative estimate of drug-likeness (QED) is 0.431. The Labute approximate surface area is 210 Å². The van der Waals surface area contributed by atoms with Crippen molar-refractivity contribution >= 4 is 50.6 Å². The third-order valence-corrected chi connectivity index (χ3v) is 7.30. The Balaban J connectivity index is 1.58. The van der Waals surface area contributed by atoms with Crippen LogP contribution in [0.15, 0.2) is 29.3 Å². The second kappa shape index (κ2) is 10.3. The molecule has 194 valence electrons. The molecule has 36 heavy (non-hydrogen) atoms. The minimum Gasteiger partial charge on any atom is -0.343 e. The van der Waals surface area contributed by atoms with E-state index in [1.807, 2.05) is 18.7 Å². The van der Waals surface area contributed by atoms with Crippen LogP contribution < -0.4 is 31.1 Å². The lowest BCUT2D eigenvalue weighted by atomic mass is 10.2. The van der Waals surface area contributed by atoms with Crippen LogP contribution in [0.2, 0.25) is 0 Å². The first-order valence-electron chi connectivity index (χ1n) is 11.8. The monoisotopic (exact) mass is 516 g/mol. The number of hydrogen-bond donors (Lipinski definition) is 4. The molecule has 0 saturated carbocycles. The maximum absolute atomic E-state index is 12.4. The number of urea groups is 1. The molecule has 4 rings (SSSR count). The standard InChI is InChI=1S/C23H32N8O4S/c1-14(2)31-13-20(32)30(3)19-12-25-22(29-21(19)31)27-16-8-17(10-18(9-16)36(4,34)35)28-23(33)26-11-15-6-5-7-24-15/h8-10,12,14-15,24H,5-7,11,13H2,1-4H3,(H,25,27,29)(H2,26,28,33)/t15-/m1/s1. The molecule has 2 aliphatic rings. The number of sulfone groups is 1. The minimum absolute atomic E-state index is 0.0338. The average molecular weight is 517 g/mol. The molecule has 1 fully saturated rings. The Morgan fingerprint density at radius 2 is 2.00 bits per heavy atom. The third kappa shape index (κ3) is 5.85. The molecule has 0 spiro atoms. The number of fused-ring (bicyclic) bond motifs is 1. The van der Waals surface area contributed by atoms with E-state index < -0.39 is 15.9 Å². The number of anilines is 5. The smallest absolute Gasteiger partial charge is 0.319 e. The zero-order valence-corrected chi connectivity index (χ0v) is 21.6. The van der Waals surface area contributed by atoms with Gasteiger partial charge in [-0.25, -0.2) is 18.2 Å². The molecule has 2 aliphatic heterocycles. The van der Waals surface area contributed by atoms with Crippen molar-refractivity contribution in [2.45, 2.75) is 43.7 Å². The number of rotatable bonds is 7. The summed E-state index contributed by atoms with van der Waals surface area (Å²) in [5, 5.41) is 11.9. The summed E-state index contributed by atoms with van der Waals surface area (Å²) in [5.41, 5.74) is 1.29. The Morgan fingerprint density at radius 3 is 2.67 bits per heavy atom. The third-order valence-electron chi connectivity index (χ3n) is 6.21. The minimum atomic E-state index is -3.56. The van der Waals surface area contributed by atoms with Gasteiger partial charge in [0.25, 0.3) is 0 Å². The summed E-state index contributed by atoms with van der Waals surface area (Å²) in [6, 6.07) is 4.32. The maximum Gasteiger partial charge on any atom is 0.319 e. The van der Waals surface area contributed by atoms with Crippen molar-refractivity contribution in [2.75, 3.05) is 53.4 Å². The molecule has 0 bridgehead atoms. The number of hydrogen-bond acceptors (Lipinski definition) is 9. The zero-order valence-electron chi connectivity index (χ0n) is 20.8. The number of aromatic nitrogens is 2. The van der Waals surface area contributed by atoms with Crippen LogP contribution in [0, 0.1) is 0 Å². The van der Waals surface area contributed by atoms with Crippen molar-refractivity contribution < 1.29 is 18.0 Å². The maximum atomic E-state index is 12.4. The van der Waals surface area contributed by atoms with Crippen molar-refractivity contribution in [3.05, 3.63) is 24.4 Å². The largest absolute Gasteiger partial charge is 0.343 e. The Bertz CT molecular complexity index is 1260. The van der Waals surface area contributed by atoms with E-state index in [-0.39, 0.29) is 35.4 Å². The van der Waals surface area contributed by atoms with Crippen LogP contribution in [-0.4, -0.2) is 75.3 Å². The zero-order chi connectivity index (χ0) is 26.0. The molecule has 1 aromatic heterocycles. The molecular weight excluding hydrogens is 484 g/mol. The van der Waals surface area contributed by atoms with Crippen molar-refractivity contribution in [3.63, 3.8) is 0 Å². The molecule has 2 aromatic rings. The molecule has 1 saturated heterocycles. The van der Waals surface area contributed by atoms with Gasteiger partial charge < -0.3 is 31.1 Å². The van der Waals surface area contributed by atoms with Gasteiger partial charge in [-0.3, -0.25) is 4.79 Å². The molecule has 4 N–H and O–H groups in total. The van der Waals surface area contributed by atoms with Crippen molar-refractivity contribution in [2.24, 2.45) is 0 Å². The van der Waals surface area contributed by atoms with Crippen LogP contribution in [0.3, 0.4) is 0 Å². The molecule has 0 unspecified atom stereocenters. The van der Waals surface area contributed by atoms with E-state index in [0.717, 1.165) is 25.6 Å². The van der Waals surface area contributed by atoms with E-state index in [0.29, 0.717) is 29.4 Å². The number of nitrogens with one attached hydrogen (secondary N) is 4. The van der Waals surface area contributed by atoms with Crippen molar-refractivity contribution in [1.82, 2.24) is 20.6 Å². The van der Waals surface area contributed by atoms with Gasteiger partial charge in [-0.05, 0) is 51.4 Å². The molecule has 12 nitrogen and oxygen atoms in total. The highest BCUT2D eigenvalue weighted by Crippen LogP contribution is 2.33. The first-order valence-corrected chi connectivity index (χ1v) is 13.7. The molecular formula is C23H32N8O4S. The molecule has 0 radical (unpaired) electrons. The highest BCUT2D eigenvalue weighted by molar-refractivity contribution is 7.90. The van der Waals surface area contributed by atoms with Crippen LogP contribution in [0.4, 0.5) is 33.6 Å². The predicted octanol–water partition coefficient (Wildman–Crippen LogP) is 1.69. The lowest BCUT2D eigenvalue weighted by molar-refractivity contribution is -0.117. The van der Waals surface area contributed by atoms with E-state index in [1.165, 1.54) is 17.0 Å². The summed E-state index contributed by atoms with van der Waals surface area (Å²) in [4.78, 5) is 37.1. The molecule has 0 aliphatic carbocycles. The second-order valence-corrected chi connectivity index (χ2v) is 11.4. The summed E-state index contributed by atoms with van der Waals surface area (Å²) in [7, 11) is -1.89. The van der Waals surface area contributed by atoms with Gasteiger partial charge in [0.2, 0.25) is 11.9 Å². The van der Waals surface area contributed by atoms with Crippen LogP contribution >= 0.6 is 0 Å². The fourth-order valence-corrected chi connectivity index (χ4v) is 4.85. The summed E-state index contributed by atoms with van der Waals surface area (Å²) in [6.45, 7) is 5.55. The molecule has 1 atom stereocenters. The number of carbonyl (C=O) groups excluding carboxylic acids is 2. The van der Waals surface area contributed by atoms with Gasteiger partial charge >= 0.3 is 6.03 Å². The topological polar surface area (TPSA) is 149 Å². The van der Waals surface area contributed by atoms with Gasteiger partial charge in [0, 0.05) is 43.3 Å². The fourth-order valence-electron chi connectivity index (χ4n) is 4.17. The van der Waals surface area contributed by atoms with Gasteiger partial charge in [0.15, 0.2) is 15.7 Å². The van der Waals surface area contributed by atoms with E-state index in [1.54, 1.807) is 19.3 Å². The van der Waals surface area contributed by atoms with Gasteiger partial charge in [-0.15, -0.1) is 0 Å². The van der Waals surface area contributed by atoms with Gasteiger partial charge in [0.1, 0.15) is 5.69 Å². The summed E-state index contributed by atoms with van der Waals surface area (Å²) < 4.78 is 24.6. The van der Waals surface area contributed by atoms with Crippen LogP contribution in [-0.2, 0) is 14.6 Å². The van der Waals surface area contributed by atoms with Crippen molar-refractivity contribution in [1.29, 1.82) is 0 Å². The van der Waals surface area contributed by atoms with E-state index in [9.17, 15) is 18.0 Å². The number of benzene rings is 1. The summed E-state index contributed by atoms with van der Waals surface area (Å²) in [6.07, 6.45) is 4.73. The molecule has 3 heterocycles. The second-order valence-electron chi connectivity index (χ2n) is 9.35. The first-order chi connectivity index (χ1) is 17.0. The van der Waals surface area contributed by atoms with Crippen LogP contribution in [0.5, 0.6) is 0 Å². The molecule has 3 amide bonds. The van der Waals surface area contributed by atoms with E-state index >= 15 is 0 Å². The Morgan fingerprint density at radius 1 is 1.25 bits per heavy atom. The summed E-state index contributed by atoms with van der Waals surface area (Å²) in [5.74, 6) is 0.775. The lowest BCUT2D eigenvalue weighted by Crippen LogP contribution is -2.47. The van der Waals surface area contributed by atoms with Crippen LogP contribution in [0.1, 0.15) is 26.7 Å². The van der Waals surface area contributed by atoms with Gasteiger partial charge in [-0.1, -0.05) is 0 Å². The fraction of sp³-hybridized carbons (Fsp3) is 0.478. The number of amides is 3. The molecule has 1 aromatic carbocycles. The normalized spacial score (nSPS) is 17.8. The Kier molecular flexibility index (Phi) is 7.31. The summed E-state index contributed by atoms with van der Waals surface area (Å²) >= 11 is 0.